The summed E-state index contributed by atoms with van der Waals surface area (Å²) in [6.45, 7) is 5.89. The van der Waals surface area contributed by atoms with Crippen molar-refractivity contribution in [3.05, 3.63) is 114 Å². The third-order valence-electron chi connectivity index (χ3n) is 5.43. The van der Waals surface area contributed by atoms with Gasteiger partial charge in [0.1, 0.15) is 0 Å². The maximum atomic E-state index is 13.7. The Bertz CT molecular complexity index is 1100. The fourth-order valence-corrected chi connectivity index (χ4v) is 5.51. The Kier molecular flexibility index (Phi) is 5.86. The Hall–Kier alpha value is -2.73. The van der Waals surface area contributed by atoms with Gasteiger partial charge in [-0.3, -0.25) is 0 Å². The SMILES string of the molecule is C=C[C@H]1C[C@@H](c2ccccc2)O[C@@H](c2ccccc2)N1S(=O)(=O)c1ccc(C)cc1. The van der Waals surface area contributed by atoms with Crippen molar-refractivity contribution in [1.82, 2.24) is 4.31 Å². The summed E-state index contributed by atoms with van der Waals surface area (Å²) >= 11 is 0. The zero-order valence-electron chi connectivity index (χ0n) is 16.9. The molecule has 0 saturated carbocycles. The van der Waals surface area contributed by atoms with Gasteiger partial charge >= 0.3 is 0 Å². The second-order valence-electron chi connectivity index (χ2n) is 7.49. The van der Waals surface area contributed by atoms with E-state index in [2.05, 4.69) is 6.58 Å². The number of ether oxygens (including phenoxy) is 1. The first-order valence-electron chi connectivity index (χ1n) is 9.99. The smallest absolute Gasteiger partial charge is 0.246 e. The Balaban J connectivity index is 1.80. The van der Waals surface area contributed by atoms with E-state index >= 15 is 0 Å². The van der Waals surface area contributed by atoms with Crippen LogP contribution in [0.2, 0.25) is 0 Å². The lowest BCUT2D eigenvalue weighted by molar-refractivity contribution is -0.125. The minimum absolute atomic E-state index is 0.233. The molecule has 1 aliphatic heterocycles. The molecule has 0 radical (unpaired) electrons. The maximum absolute atomic E-state index is 13.7. The molecular formula is C25H25NO3S. The Morgan fingerprint density at radius 2 is 1.47 bits per heavy atom. The molecule has 4 rings (SSSR count). The molecule has 0 aromatic heterocycles. The van der Waals surface area contributed by atoms with Crippen LogP contribution in [0, 0.1) is 6.92 Å². The van der Waals surface area contributed by atoms with Crippen molar-refractivity contribution in [2.45, 2.75) is 36.6 Å². The van der Waals surface area contributed by atoms with E-state index in [-0.39, 0.29) is 11.0 Å². The number of nitrogens with zero attached hydrogens (tertiary/aromatic N) is 1. The summed E-state index contributed by atoms with van der Waals surface area (Å²) in [4.78, 5) is 0.252. The highest BCUT2D eigenvalue weighted by Gasteiger charge is 2.43. The second kappa shape index (κ2) is 8.56. The Labute approximate surface area is 178 Å². The molecule has 154 valence electrons. The summed E-state index contributed by atoms with van der Waals surface area (Å²) in [5.41, 5.74) is 2.83. The largest absolute Gasteiger partial charge is 0.350 e. The van der Waals surface area contributed by atoms with Crippen LogP contribution in [-0.4, -0.2) is 18.8 Å². The summed E-state index contributed by atoms with van der Waals surface area (Å²) in [6.07, 6.45) is 1.23. The van der Waals surface area contributed by atoms with Crippen LogP contribution < -0.4 is 0 Å². The van der Waals surface area contributed by atoms with Crippen molar-refractivity contribution in [1.29, 1.82) is 0 Å². The number of benzene rings is 3. The van der Waals surface area contributed by atoms with Gasteiger partial charge in [0.2, 0.25) is 10.0 Å². The zero-order chi connectivity index (χ0) is 21.1. The summed E-state index contributed by atoms with van der Waals surface area (Å²) in [6, 6.07) is 25.9. The van der Waals surface area contributed by atoms with E-state index in [0.29, 0.717) is 6.42 Å². The molecule has 1 fully saturated rings. The topological polar surface area (TPSA) is 46.6 Å². The maximum Gasteiger partial charge on any atom is 0.246 e. The molecular weight excluding hydrogens is 394 g/mol. The van der Waals surface area contributed by atoms with Crippen molar-refractivity contribution in [3.63, 3.8) is 0 Å². The number of sulfonamides is 1. The first-order chi connectivity index (χ1) is 14.5. The van der Waals surface area contributed by atoms with Gasteiger partial charge in [-0.1, -0.05) is 84.4 Å². The third kappa shape index (κ3) is 3.97. The predicted molar refractivity (Wildman–Crippen MR) is 118 cm³/mol. The lowest BCUT2D eigenvalue weighted by Gasteiger charge is -2.43. The van der Waals surface area contributed by atoms with Crippen LogP contribution in [0.4, 0.5) is 0 Å². The van der Waals surface area contributed by atoms with E-state index in [1.807, 2.05) is 79.7 Å². The van der Waals surface area contributed by atoms with Gasteiger partial charge in [0.05, 0.1) is 11.0 Å². The van der Waals surface area contributed by atoms with Crippen molar-refractivity contribution >= 4 is 10.0 Å². The van der Waals surface area contributed by atoms with Crippen LogP contribution in [0.3, 0.4) is 0 Å². The molecule has 3 aromatic carbocycles. The monoisotopic (exact) mass is 419 g/mol. The number of aryl methyl sites for hydroxylation is 1. The van der Waals surface area contributed by atoms with Crippen LogP contribution >= 0.6 is 0 Å². The summed E-state index contributed by atoms with van der Waals surface area (Å²) in [5, 5.41) is 0. The molecule has 3 atom stereocenters. The molecule has 0 unspecified atom stereocenters. The van der Waals surface area contributed by atoms with Gasteiger partial charge in [0.15, 0.2) is 6.23 Å². The quantitative estimate of drug-likeness (QED) is 0.520. The minimum Gasteiger partial charge on any atom is -0.350 e. The highest BCUT2D eigenvalue weighted by molar-refractivity contribution is 7.89. The molecule has 0 aliphatic carbocycles. The first-order valence-corrected chi connectivity index (χ1v) is 11.4. The van der Waals surface area contributed by atoms with Gasteiger partial charge in [0, 0.05) is 6.04 Å². The van der Waals surface area contributed by atoms with E-state index in [4.69, 9.17) is 4.74 Å². The molecule has 0 N–H and O–H groups in total. The number of rotatable bonds is 5. The van der Waals surface area contributed by atoms with Crippen molar-refractivity contribution in [3.8, 4) is 0 Å². The van der Waals surface area contributed by atoms with E-state index in [0.717, 1.165) is 16.7 Å². The summed E-state index contributed by atoms with van der Waals surface area (Å²) in [7, 11) is -3.81. The summed E-state index contributed by atoms with van der Waals surface area (Å²) in [5.74, 6) is 0. The molecule has 1 saturated heterocycles. The van der Waals surface area contributed by atoms with Gasteiger partial charge in [0.25, 0.3) is 0 Å². The Morgan fingerprint density at radius 3 is 2.03 bits per heavy atom. The van der Waals surface area contributed by atoms with Crippen molar-refractivity contribution in [2.24, 2.45) is 0 Å². The molecule has 30 heavy (non-hydrogen) atoms. The second-order valence-corrected chi connectivity index (χ2v) is 9.33. The fraction of sp³-hybridized carbons (Fsp3) is 0.200. The van der Waals surface area contributed by atoms with Gasteiger partial charge in [-0.2, -0.15) is 4.31 Å². The lowest BCUT2D eigenvalue weighted by Crippen LogP contribution is -2.47. The van der Waals surface area contributed by atoms with E-state index < -0.39 is 22.3 Å². The molecule has 1 aliphatic rings. The molecule has 4 nitrogen and oxygen atoms in total. The van der Waals surface area contributed by atoms with Crippen LogP contribution in [0.5, 0.6) is 0 Å². The predicted octanol–water partition coefficient (Wildman–Crippen LogP) is 5.40. The molecule has 3 aromatic rings. The zero-order valence-corrected chi connectivity index (χ0v) is 17.7. The average Bonchev–Trinajstić information content (AvgIpc) is 2.79. The molecule has 1 heterocycles. The van der Waals surface area contributed by atoms with Gasteiger partial charge in [-0.25, -0.2) is 8.42 Å². The fourth-order valence-electron chi connectivity index (χ4n) is 3.83. The van der Waals surface area contributed by atoms with Gasteiger partial charge in [-0.05, 0) is 36.6 Å². The average molecular weight is 420 g/mol. The number of hydrogen-bond donors (Lipinski definition) is 0. The standard InChI is InChI=1S/C25H25NO3S/c1-3-22-18-24(20-10-6-4-7-11-20)29-25(21-12-8-5-9-13-21)26(22)30(27,28)23-16-14-19(2)15-17-23/h3-17,22,24-25H,1,18H2,2H3/t22-,24-,25-/m0/s1. The lowest BCUT2D eigenvalue weighted by atomic mass is 9.98. The van der Waals surface area contributed by atoms with Crippen LogP contribution in [0.1, 0.15) is 35.4 Å². The van der Waals surface area contributed by atoms with E-state index in [1.54, 1.807) is 18.2 Å². The van der Waals surface area contributed by atoms with Crippen LogP contribution in [0.25, 0.3) is 0 Å². The highest BCUT2D eigenvalue weighted by atomic mass is 32.2. The minimum atomic E-state index is -3.81. The Morgan fingerprint density at radius 1 is 0.900 bits per heavy atom. The summed E-state index contributed by atoms with van der Waals surface area (Å²) < 4.78 is 35.3. The first kappa shape index (κ1) is 20.5. The van der Waals surface area contributed by atoms with Crippen molar-refractivity contribution in [2.75, 3.05) is 0 Å². The molecule has 5 heteroatoms. The molecule has 0 bridgehead atoms. The normalized spacial score (nSPS) is 22.5. The van der Waals surface area contributed by atoms with E-state index in [1.165, 1.54) is 4.31 Å². The number of hydrogen-bond acceptors (Lipinski definition) is 3. The van der Waals surface area contributed by atoms with Gasteiger partial charge < -0.3 is 4.74 Å². The third-order valence-corrected chi connectivity index (χ3v) is 7.32. The van der Waals surface area contributed by atoms with Crippen LogP contribution in [-0.2, 0) is 14.8 Å². The highest BCUT2D eigenvalue weighted by Crippen LogP contribution is 2.43. The molecule has 0 spiro atoms. The van der Waals surface area contributed by atoms with Crippen LogP contribution in [0.15, 0.2) is 102 Å². The van der Waals surface area contributed by atoms with Gasteiger partial charge in [-0.15, -0.1) is 6.58 Å². The van der Waals surface area contributed by atoms with Crippen molar-refractivity contribution < 1.29 is 13.2 Å². The molecule has 0 amide bonds. The van der Waals surface area contributed by atoms with E-state index in [9.17, 15) is 8.42 Å².